The monoisotopic (exact) mass is 303 g/mol. The number of nitrogens with one attached hydrogen (secondary N) is 1. The van der Waals surface area contributed by atoms with Crippen molar-refractivity contribution in [2.75, 3.05) is 19.6 Å². The molecule has 1 aromatic rings. The van der Waals surface area contributed by atoms with E-state index < -0.39 is 6.09 Å². The third-order valence-electron chi connectivity index (χ3n) is 4.57. The maximum absolute atomic E-state index is 12.2. The molecule has 0 saturated carbocycles. The molecule has 0 radical (unpaired) electrons. The van der Waals surface area contributed by atoms with Crippen molar-refractivity contribution in [3.63, 3.8) is 0 Å². The minimum absolute atomic E-state index is 0.0359. The van der Waals surface area contributed by atoms with Crippen LogP contribution in [0.2, 0.25) is 0 Å². The van der Waals surface area contributed by atoms with Gasteiger partial charge in [0.15, 0.2) is 0 Å². The fourth-order valence-electron chi connectivity index (χ4n) is 3.43. The Morgan fingerprint density at radius 1 is 1.32 bits per heavy atom. The van der Waals surface area contributed by atoms with Gasteiger partial charge in [-0.2, -0.15) is 0 Å². The molecule has 3 rings (SSSR count). The van der Waals surface area contributed by atoms with Crippen LogP contribution in [-0.2, 0) is 0 Å². The first-order valence-corrected chi connectivity index (χ1v) is 7.67. The fourth-order valence-corrected chi connectivity index (χ4v) is 3.43. The smallest absolute Gasteiger partial charge is 0.407 e. The van der Waals surface area contributed by atoms with Crippen LogP contribution in [0.3, 0.4) is 0 Å². The van der Waals surface area contributed by atoms with E-state index in [2.05, 4.69) is 17.4 Å². The van der Waals surface area contributed by atoms with Crippen LogP contribution in [0.1, 0.15) is 30.0 Å². The first-order chi connectivity index (χ1) is 10.6. The van der Waals surface area contributed by atoms with Crippen molar-refractivity contribution < 1.29 is 14.7 Å². The van der Waals surface area contributed by atoms with Gasteiger partial charge in [0.25, 0.3) is 0 Å². The number of benzene rings is 1. The number of piperidine rings is 1. The van der Waals surface area contributed by atoms with Crippen molar-refractivity contribution in [3.8, 4) is 0 Å². The minimum Gasteiger partial charge on any atom is -0.465 e. The second kappa shape index (κ2) is 5.87. The quantitative estimate of drug-likeness (QED) is 0.879. The fraction of sp³-hybridized carbons (Fsp3) is 0.500. The predicted molar refractivity (Wildman–Crippen MR) is 81.8 cm³/mol. The van der Waals surface area contributed by atoms with Crippen molar-refractivity contribution in [2.24, 2.45) is 0 Å². The molecule has 0 aliphatic carbocycles. The van der Waals surface area contributed by atoms with Gasteiger partial charge in [0.1, 0.15) is 0 Å². The van der Waals surface area contributed by atoms with E-state index in [1.165, 1.54) is 10.5 Å². The Labute approximate surface area is 129 Å². The number of carbonyl (C=O) groups is 2. The SMILES string of the molecule is Cc1cccc([C@@H]2CNC(=O)N2C2CCN(C(=O)O)CC2)c1. The van der Waals surface area contributed by atoms with E-state index in [1.807, 2.05) is 24.0 Å². The van der Waals surface area contributed by atoms with Gasteiger partial charge in [-0.1, -0.05) is 29.8 Å². The number of hydrogen-bond donors (Lipinski definition) is 2. The zero-order chi connectivity index (χ0) is 15.7. The molecule has 6 heteroatoms. The Kier molecular flexibility index (Phi) is 3.92. The molecule has 2 heterocycles. The van der Waals surface area contributed by atoms with Crippen molar-refractivity contribution in [1.82, 2.24) is 15.1 Å². The van der Waals surface area contributed by atoms with Crippen molar-refractivity contribution in [2.45, 2.75) is 31.8 Å². The van der Waals surface area contributed by atoms with Crippen LogP contribution >= 0.6 is 0 Å². The lowest BCUT2D eigenvalue weighted by molar-refractivity contribution is 0.101. The average molecular weight is 303 g/mol. The van der Waals surface area contributed by atoms with Crippen LogP contribution in [0, 0.1) is 6.92 Å². The summed E-state index contributed by atoms with van der Waals surface area (Å²) in [4.78, 5) is 26.6. The van der Waals surface area contributed by atoms with E-state index in [0.29, 0.717) is 32.5 Å². The van der Waals surface area contributed by atoms with Crippen LogP contribution in [-0.4, -0.2) is 52.7 Å². The Morgan fingerprint density at radius 2 is 2.05 bits per heavy atom. The normalized spacial score (nSPS) is 22.8. The molecule has 0 spiro atoms. The van der Waals surface area contributed by atoms with Gasteiger partial charge < -0.3 is 20.2 Å². The molecular weight excluding hydrogens is 282 g/mol. The molecule has 22 heavy (non-hydrogen) atoms. The Bertz CT molecular complexity index is 582. The van der Waals surface area contributed by atoms with Crippen LogP contribution in [0.25, 0.3) is 0 Å². The summed E-state index contributed by atoms with van der Waals surface area (Å²) < 4.78 is 0. The van der Waals surface area contributed by atoms with Gasteiger partial charge in [0.2, 0.25) is 0 Å². The summed E-state index contributed by atoms with van der Waals surface area (Å²) in [5.41, 5.74) is 2.32. The Balaban J connectivity index is 1.76. The van der Waals surface area contributed by atoms with Crippen molar-refractivity contribution in [1.29, 1.82) is 0 Å². The molecule has 2 aliphatic heterocycles. The Hall–Kier alpha value is -2.24. The molecule has 1 aromatic carbocycles. The van der Waals surface area contributed by atoms with Gasteiger partial charge in [-0.3, -0.25) is 0 Å². The number of likely N-dealkylation sites (tertiary alicyclic amines) is 1. The largest absolute Gasteiger partial charge is 0.465 e. The van der Waals surface area contributed by atoms with Gasteiger partial charge in [-0.25, -0.2) is 9.59 Å². The zero-order valence-electron chi connectivity index (χ0n) is 12.7. The summed E-state index contributed by atoms with van der Waals surface area (Å²) >= 11 is 0. The van der Waals surface area contributed by atoms with Gasteiger partial charge in [-0.05, 0) is 25.3 Å². The van der Waals surface area contributed by atoms with E-state index in [-0.39, 0.29) is 18.1 Å². The maximum atomic E-state index is 12.2. The molecule has 2 aliphatic rings. The summed E-state index contributed by atoms with van der Waals surface area (Å²) in [6.07, 6.45) is 0.518. The molecule has 2 N–H and O–H groups in total. The third-order valence-corrected chi connectivity index (χ3v) is 4.57. The number of rotatable bonds is 2. The van der Waals surface area contributed by atoms with E-state index in [0.717, 1.165) is 5.56 Å². The summed E-state index contributed by atoms with van der Waals surface area (Å²) in [6, 6.07) is 8.32. The number of nitrogens with zero attached hydrogens (tertiary/aromatic N) is 2. The van der Waals surface area contributed by atoms with Gasteiger partial charge in [-0.15, -0.1) is 0 Å². The lowest BCUT2D eigenvalue weighted by Gasteiger charge is -2.37. The molecule has 0 bridgehead atoms. The lowest BCUT2D eigenvalue weighted by atomic mass is 9.98. The molecule has 2 fully saturated rings. The highest BCUT2D eigenvalue weighted by Crippen LogP contribution is 2.31. The van der Waals surface area contributed by atoms with Gasteiger partial charge in [0, 0.05) is 25.7 Å². The Morgan fingerprint density at radius 3 is 2.68 bits per heavy atom. The number of carboxylic acid groups (broad SMARTS) is 1. The predicted octanol–water partition coefficient (Wildman–Crippen LogP) is 2.20. The van der Waals surface area contributed by atoms with E-state index in [1.54, 1.807) is 0 Å². The second-order valence-electron chi connectivity index (χ2n) is 6.02. The molecule has 3 amide bonds. The number of urea groups is 1. The van der Waals surface area contributed by atoms with E-state index in [4.69, 9.17) is 5.11 Å². The summed E-state index contributed by atoms with van der Waals surface area (Å²) in [5, 5.41) is 12.0. The number of hydrogen-bond acceptors (Lipinski definition) is 2. The second-order valence-corrected chi connectivity index (χ2v) is 6.02. The van der Waals surface area contributed by atoms with Crippen LogP contribution in [0.15, 0.2) is 24.3 Å². The highest BCUT2D eigenvalue weighted by molar-refractivity contribution is 5.77. The highest BCUT2D eigenvalue weighted by atomic mass is 16.4. The number of amides is 3. The average Bonchev–Trinajstić information content (AvgIpc) is 2.89. The standard InChI is InChI=1S/C16H21N3O3/c1-11-3-2-4-12(9-11)14-10-17-15(20)19(14)13-5-7-18(8-6-13)16(21)22/h2-4,9,13-14H,5-8,10H2,1H3,(H,17,20)(H,21,22)/t14-/m0/s1. The summed E-state index contributed by atoms with van der Waals surface area (Å²) in [5.74, 6) is 0. The third kappa shape index (κ3) is 2.73. The molecule has 0 aromatic heterocycles. The maximum Gasteiger partial charge on any atom is 0.407 e. The van der Waals surface area contributed by atoms with Crippen LogP contribution in [0.4, 0.5) is 9.59 Å². The number of aryl methyl sites for hydroxylation is 1. The van der Waals surface area contributed by atoms with Crippen molar-refractivity contribution >= 4 is 12.1 Å². The first-order valence-electron chi connectivity index (χ1n) is 7.67. The zero-order valence-corrected chi connectivity index (χ0v) is 12.7. The van der Waals surface area contributed by atoms with Gasteiger partial charge in [0.05, 0.1) is 6.04 Å². The topological polar surface area (TPSA) is 72.9 Å². The molecular formula is C16H21N3O3. The molecule has 0 unspecified atom stereocenters. The number of carbonyl (C=O) groups excluding carboxylic acids is 1. The minimum atomic E-state index is -0.875. The lowest BCUT2D eigenvalue weighted by Crippen LogP contribution is -2.48. The molecule has 118 valence electrons. The van der Waals surface area contributed by atoms with Gasteiger partial charge >= 0.3 is 12.1 Å². The summed E-state index contributed by atoms with van der Waals surface area (Å²) in [6.45, 7) is 3.64. The summed E-state index contributed by atoms with van der Waals surface area (Å²) in [7, 11) is 0. The van der Waals surface area contributed by atoms with Crippen molar-refractivity contribution in [3.05, 3.63) is 35.4 Å². The first kappa shape index (κ1) is 14.7. The van der Waals surface area contributed by atoms with E-state index in [9.17, 15) is 9.59 Å². The van der Waals surface area contributed by atoms with E-state index >= 15 is 0 Å². The molecule has 6 nitrogen and oxygen atoms in total. The molecule has 2 saturated heterocycles. The van der Waals surface area contributed by atoms with Crippen LogP contribution in [0.5, 0.6) is 0 Å². The van der Waals surface area contributed by atoms with Crippen LogP contribution < -0.4 is 5.32 Å². The molecule has 1 atom stereocenters. The highest BCUT2D eigenvalue weighted by Gasteiger charge is 2.38.